The molecule has 4 heteroatoms. The number of hydrogen-bond acceptors (Lipinski definition) is 3. The smallest absolute Gasteiger partial charge is 0.123 e. The van der Waals surface area contributed by atoms with Gasteiger partial charge in [-0.25, -0.2) is 0 Å². The Morgan fingerprint density at radius 1 is 1.05 bits per heavy atom. The molecule has 0 aromatic heterocycles. The maximum absolute atomic E-state index is 9.93. The summed E-state index contributed by atoms with van der Waals surface area (Å²) in [5, 5.41) is 11.9. The van der Waals surface area contributed by atoms with E-state index in [2.05, 4.69) is 0 Å². The minimum Gasteiger partial charge on any atom is -0.507 e. The molecule has 0 aliphatic carbocycles. The third kappa shape index (κ3) is 2.75. The van der Waals surface area contributed by atoms with Gasteiger partial charge >= 0.3 is 0 Å². The molecule has 2 aromatic rings. The molecule has 1 saturated heterocycles. The zero-order chi connectivity index (χ0) is 13.2. The first-order valence-corrected chi connectivity index (χ1v) is 6.81. The van der Waals surface area contributed by atoms with Crippen molar-refractivity contribution in [3.8, 4) is 5.75 Å². The number of halogens is 1. The summed E-state index contributed by atoms with van der Waals surface area (Å²) in [6, 6.07) is 11.6. The average molecular weight is 294 g/mol. The van der Waals surface area contributed by atoms with Crippen LogP contribution in [0.5, 0.6) is 5.75 Å². The fourth-order valence-corrected chi connectivity index (χ4v) is 2.93. The number of aromatic hydroxyl groups is 1. The number of phenols is 1. The highest BCUT2D eigenvalue weighted by molar-refractivity contribution is 5.91. The Hall–Kier alpha value is -1.29. The van der Waals surface area contributed by atoms with Crippen LogP contribution in [0.25, 0.3) is 10.8 Å². The third-order valence-corrected chi connectivity index (χ3v) is 4.07. The van der Waals surface area contributed by atoms with Crippen LogP contribution in [0.3, 0.4) is 0 Å². The van der Waals surface area contributed by atoms with Crippen LogP contribution in [0.2, 0.25) is 0 Å². The maximum atomic E-state index is 9.93. The number of ether oxygens (including phenoxy) is 1. The molecule has 1 fully saturated rings. The van der Waals surface area contributed by atoms with Crippen LogP contribution in [0.1, 0.15) is 24.4 Å². The first-order valence-electron chi connectivity index (χ1n) is 6.81. The van der Waals surface area contributed by atoms with Crippen molar-refractivity contribution in [2.75, 3.05) is 13.2 Å². The van der Waals surface area contributed by atoms with Crippen LogP contribution in [0, 0.1) is 5.92 Å². The van der Waals surface area contributed by atoms with Crippen molar-refractivity contribution >= 4 is 23.2 Å². The van der Waals surface area contributed by atoms with Gasteiger partial charge in [0.15, 0.2) is 0 Å². The largest absolute Gasteiger partial charge is 0.507 e. The number of phenolic OH excluding ortho intramolecular Hbond substituents is 1. The van der Waals surface area contributed by atoms with Gasteiger partial charge in [0, 0.05) is 24.6 Å². The molecular weight excluding hydrogens is 274 g/mol. The molecule has 20 heavy (non-hydrogen) atoms. The minimum atomic E-state index is 0. The van der Waals surface area contributed by atoms with Gasteiger partial charge < -0.3 is 15.6 Å². The molecule has 3 rings (SSSR count). The Morgan fingerprint density at radius 2 is 1.70 bits per heavy atom. The van der Waals surface area contributed by atoms with Gasteiger partial charge in [0.25, 0.3) is 0 Å². The first kappa shape index (κ1) is 15.1. The van der Waals surface area contributed by atoms with E-state index >= 15 is 0 Å². The quantitative estimate of drug-likeness (QED) is 0.892. The van der Waals surface area contributed by atoms with Crippen molar-refractivity contribution in [2.45, 2.75) is 18.9 Å². The summed E-state index contributed by atoms with van der Waals surface area (Å²) >= 11 is 0. The second-order valence-corrected chi connectivity index (χ2v) is 5.20. The predicted octanol–water partition coefficient (Wildman–Crippen LogP) is 3.39. The molecule has 0 radical (unpaired) electrons. The summed E-state index contributed by atoms with van der Waals surface area (Å²) in [5.41, 5.74) is 7.57. The van der Waals surface area contributed by atoms with Crippen molar-refractivity contribution in [3.63, 3.8) is 0 Å². The lowest BCUT2D eigenvalue weighted by atomic mass is 9.85. The van der Waals surface area contributed by atoms with E-state index < -0.39 is 0 Å². The number of nitrogens with two attached hydrogens (primary N) is 1. The maximum Gasteiger partial charge on any atom is 0.123 e. The molecule has 1 heterocycles. The normalized spacial score (nSPS) is 17.6. The van der Waals surface area contributed by atoms with Gasteiger partial charge in [-0.3, -0.25) is 0 Å². The summed E-state index contributed by atoms with van der Waals surface area (Å²) in [4.78, 5) is 0. The predicted molar refractivity (Wildman–Crippen MR) is 83.3 cm³/mol. The Bertz CT molecular complexity index is 582. The lowest BCUT2D eigenvalue weighted by Crippen LogP contribution is -2.27. The molecule has 0 amide bonds. The van der Waals surface area contributed by atoms with Crippen molar-refractivity contribution in [1.82, 2.24) is 0 Å². The number of fused-ring (bicyclic) bond motifs is 1. The van der Waals surface area contributed by atoms with E-state index in [1.165, 1.54) is 0 Å². The second-order valence-electron chi connectivity index (χ2n) is 5.20. The summed E-state index contributed by atoms with van der Waals surface area (Å²) in [5.74, 6) is 0.778. The lowest BCUT2D eigenvalue weighted by molar-refractivity contribution is 0.0585. The van der Waals surface area contributed by atoms with Gasteiger partial charge in [-0.2, -0.15) is 0 Å². The first-order chi connectivity index (χ1) is 9.27. The summed E-state index contributed by atoms with van der Waals surface area (Å²) in [7, 11) is 0. The summed E-state index contributed by atoms with van der Waals surface area (Å²) < 4.78 is 5.40. The summed E-state index contributed by atoms with van der Waals surface area (Å²) in [6.45, 7) is 1.60. The topological polar surface area (TPSA) is 55.5 Å². The zero-order valence-corrected chi connectivity index (χ0v) is 12.1. The Morgan fingerprint density at radius 3 is 2.40 bits per heavy atom. The number of benzene rings is 2. The zero-order valence-electron chi connectivity index (χ0n) is 11.3. The van der Waals surface area contributed by atoms with Crippen molar-refractivity contribution in [2.24, 2.45) is 11.7 Å². The fourth-order valence-electron chi connectivity index (χ4n) is 2.93. The lowest BCUT2D eigenvalue weighted by Gasteiger charge is -2.28. The van der Waals surface area contributed by atoms with Crippen LogP contribution >= 0.6 is 12.4 Å². The van der Waals surface area contributed by atoms with E-state index in [4.69, 9.17) is 10.5 Å². The van der Waals surface area contributed by atoms with E-state index in [-0.39, 0.29) is 18.4 Å². The van der Waals surface area contributed by atoms with Crippen LogP contribution < -0.4 is 5.73 Å². The van der Waals surface area contributed by atoms with Crippen molar-refractivity contribution < 1.29 is 9.84 Å². The third-order valence-electron chi connectivity index (χ3n) is 4.07. The van der Waals surface area contributed by atoms with Crippen LogP contribution in [0.15, 0.2) is 36.4 Å². The molecule has 0 unspecified atom stereocenters. The van der Waals surface area contributed by atoms with E-state index in [0.717, 1.165) is 42.4 Å². The van der Waals surface area contributed by atoms with Gasteiger partial charge in [-0.15, -0.1) is 12.4 Å². The van der Waals surface area contributed by atoms with Crippen molar-refractivity contribution in [3.05, 3.63) is 42.0 Å². The Kier molecular flexibility index (Phi) is 4.86. The molecule has 1 atom stereocenters. The number of rotatable bonds is 2. The standard InChI is InChI=1S/C16H19NO2.ClH/c17-16(11-7-9-19-10-8-11)14-5-6-15(18)13-4-2-1-3-12(13)14;/h1-6,11,16,18H,7-10,17H2;1H/t16-;/m1./s1. The molecule has 2 aromatic carbocycles. The van der Waals surface area contributed by atoms with E-state index in [1.54, 1.807) is 6.07 Å². The molecule has 108 valence electrons. The molecule has 3 N–H and O–H groups in total. The molecule has 0 bridgehead atoms. The van der Waals surface area contributed by atoms with Crippen LogP contribution in [0.4, 0.5) is 0 Å². The SMILES string of the molecule is Cl.N[C@@H](c1ccc(O)c2ccccc12)C1CCOCC1. The molecule has 3 nitrogen and oxygen atoms in total. The highest BCUT2D eigenvalue weighted by Crippen LogP contribution is 2.35. The van der Waals surface area contributed by atoms with Gasteiger partial charge in [0.2, 0.25) is 0 Å². The monoisotopic (exact) mass is 293 g/mol. The fraction of sp³-hybridized carbons (Fsp3) is 0.375. The number of hydrogen-bond donors (Lipinski definition) is 2. The Labute approximate surface area is 125 Å². The molecular formula is C16H20ClNO2. The van der Waals surface area contributed by atoms with Gasteiger partial charge in [0.1, 0.15) is 5.75 Å². The van der Waals surface area contributed by atoms with Crippen molar-refractivity contribution in [1.29, 1.82) is 0 Å². The van der Waals surface area contributed by atoms with Gasteiger partial charge in [-0.05, 0) is 35.8 Å². The summed E-state index contributed by atoms with van der Waals surface area (Å²) in [6.07, 6.45) is 2.02. The van der Waals surface area contributed by atoms with E-state index in [0.29, 0.717) is 11.7 Å². The van der Waals surface area contributed by atoms with E-state index in [1.807, 2.05) is 30.3 Å². The van der Waals surface area contributed by atoms with Gasteiger partial charge in [0.05, 0.1) is 0 Å². The van der Waals surface area contributed by atoms with E-state index in [9.17, 15) is 5.11 Å². The molecule has 1 aliphatic rings. The molecule has 0 saturated carbocycles. The Balaban J connectivity index is 0.00000147. The van der Waals surface area contributed by atoms with Crippen LogP contribution in [-0.4, -0.2) is 18.3 Å². The molecule has 1 aliphatic heterocycles. The highest BCUT2D eigenvalue weighted by Gasteiger charge is 2.23. The molecule has 0 spiro atoms. The second kappa shape index (κ2) is 6.44. The van der Waals surface area contributed by atoms with Gasteiger partial charge in [-0.1, -0.05) is 30.3 Å². The average Bonchev–Trinajstić information content (AvgIpc) is 2.48. The van der Waals surface area contributed by atoms with Crippen LogP contribution in [-0.2, 0) is 4.74 Å². The highest BCUT2D eigenvalue weighted by atomic mass is 35.5. The minimum absolute atomic E-state index is 0.